The molecular formula is C14H22FNO. The minimum Gasteiger partial charge on any atom is -0.376 e. The molecule has 0 heterocycles. The first-order chi connectivity index (χ1) is 7.97. The van der Waals surface area contributed by atoms with Gasteiger partial charge in [0.1, 0.15) is 5.82 Å². The molecule has 0 aliphatic rings. The molecule has 0 aliphatic carbocycles. The van der Waals surface area contributed by atoms with E-state index in [0.717, 1.165) is 5.56 Å². The monoisotopic (exact) mass is 239 g/mol. The number of nitrogens with two attached hydrogens (primary N) is 1. The second-order valence-electron chi connectivity index (χ2n) is 4.71. The smallest absolute Gasteiger partial charge is 0.128 e. The molecule has 1 aromatic carbocycles. The van der Waals surface area contributed by atoms with Gasteiger partial charge in [-0.25, -0.2) is 4.39 Å². The van der Waals surface area contributed by atoms with Gasteiger partial charge in [0.15, 0.2) is 0 Å². The molecule has 1 rings (SSSR count). The lowest BCUT2D eigenvalue weighted by atomic mass is 9.93. The van der Waals surface area contributed by atoms with Crippen molar-refractivity contribution in [1.82, 2.24) is 0 Å². The van der Waals surface area contributed by atoms with E-state index in [9.17, 15) is 4.39 Å². The van der Waals surface area contributed by atoms with Crippen LogP contribution in [0.2, 0.25) is 0 Å². The first-order valence-corrected chi connectivity index (χ1v) is 6.10. The van der Waals surface area contributed by atoms with Crippen molar-refractivity contribution in [1.29, 1.82) is 0 Å². The quantitative estimate of drug-likeness (QED) is 0.856. The average Bonchev–Trinajstić information content (AvgIpc) is 2.28. The number of ether oxygens (including phenoxy) is 1. The van der Waals surface area contributed by atoms with E-state index in [2.05, 4.69) is 0 Å². The molecule has 0 radical (unpaired) electrons. The van der Waals surface area contributed by atoms with Crippen molar-refractivity contribution in [3.05, 3.63) is 35.1 Å². The van der Waals surface area contributed by atoms with Gasteiger partial charge in [0.2, 0.25) is 0 Å². The van der Waals surface area contributed by atoms with Crippen LogP contribution in [0.4, 0.5) is 4.39 Å². The van der Waals surface area contributed by atoms with Crippen LogP contribution in [0.25, 0.3) is 0 Å². The third kappa shape index (κ3) is 3.51. The highest BCUT2D eigenvalue weighted by Crippen LogP contribution is 2.25. The Morgan fingerprint density at radius 3 is 2.53 bits per heavy atom. The van der Waals surface area contributed by atoms with E-state index in [-0.39, 0.29) is 17.8 Å². The largest absolute Gasteiger partial charge is 0.376 e. The van der Waals surface area contributed by atoms with E-state index in [1.54, 1.807) is 12.1 Å². The minimum absolute atomic E-state index is 0.156. The van der Waals surface area contributed by atoms with Crippen molar-refractivity contribution < 1.29 is 9.13 Å². The predicted molar refractivity (Wildman–Crippen MR) is 68.3 cm³/mol. The maximum absolute atomic E-state index is 13.7. The van der Waals surface area contributed by atoms with E-state index in [0.29, 0.717) is 12.2 Å². The van der Waals surface area contributed by atoms with Crippen LogP contribution in [0.5, 0.6) is 0 Å². The van der Waals surface area contributed by atoms with Crippen molar-refractivity contribution in [2.24, 2.45) is 11.7 Å². The zero-order chi connectivity index (χ0) is 13.0. The van der Waals surface area contributed by atoms with Gasteiger partial charge in [-0.2, -0.15) is 0 Å². The normalized spacial score (nSPS) is 15.0. The zero-order valence-corrected chi connectivity index (χ0v) is 11.0. The van der Waals surface area contributed by atoms with Crippen LogP contribution in [0.3, 0.4) is 0 Å². The van der Waals surface area contributed by atoms with Crippen molar-refractivity contribution in [2.75, 3.05) is 6.61 Å². The Labute approximate surface area is 103 Å². The molecule has 2 unspecified atom stereocenters. The molecule has 0 saturated heterocycles. The molecular weight excluding hydrogens is 217 g/mol. The minimum atomic E-state index is -0.421. The molecule has 3 heteroatoms. The number of benzene rings is 1. The van der Waals surface area contributed by atoms with Crippen molar-refractivity contribution in [2.45, 2.75) is 39.8 Å². The van der Waals surface area contributed by atoms with E-state index in [1.165, 1.54) is 6.07 Å². The van der Waals surface area contributed by atoms with E-state index >= 15 is 0 Å². The summed E-state index contributed by atoms with van der Waals surface area (Å²) in [5.41, 5.74) is 7.68. The van der Waals surface area contributed by atoms with Crippen LogP contribution in [-0.4, -0.2) is 12.7 Å². The van der Waals surface area contributed by atoms with Gasteiger partial charge in [-0.1, -0.05) is 31.5 Å². The van der Waals surface area contributed by atoms with E-state index in [4.69, 9.17) is 10.5 Å². The molecule has 0 spiro atoms. The average molecular weight is 239 g/mol. The Morgan fingerprint density at radius 1 is 1.35 bits per heavy atom. The Balaban J connectivity index is 2.99. The van der Waals surface area contributed by atoms with E-state index in [1.807, 2.05) is 27.7 Å². The summed E-state index contributed by atoms with van der Waals surface area (Å²) in [6.07, 6.45) is -0.156. The summed E-state index contributed by atoms with van der Waals surface area (Å²) in [6, 6.07) is 4.59. The number of hydrogen-bond acceptors (Lipinski definition) is 2. The molecule has 2 atom stereocenters. The Morgan fingerprint density at radius 2 is 2.00 bits per heavy atom. The van der Waals surface area contributed by atoms with Gasteiger partial charge in [-0.05, 0) is 25.8 Å². The topological polar surface area (TPSA) is 35.2 Å². The van der Waals surface area contributed by atoms with Crippen molar-refractivity contribution in [3.8, 4) is 0 Å². The molecule has 0 saturated carbocycles. The van der Waals surface area contributed by atoms with Crippen molar-refractivity contribution in [3.63, 3.8) is 0 Å². The second kappa shape index (κ2) is 6.12. The fraction of sp³-hybridized carbons (Fsp3) is 0.571. The third-order valence-corrected chi connectivity index (χ3v) is 2.88. The van der Waals surface area contributed by atoms with Gasteiger partial charge in [-0.3, -0.25) is 0 Å². The van der Waals surface area contributed by atoms with Gasteiger partial charge in [0.05, 0.1) is 12.1 Å². The van der Waals surface area contributed by atoms with Gasteiger partial charge < -0.3 is 10.5 Å². The summed E-state index contributed by atoms with van der Waals surface area (Å²) in [6.45, 7) is 8.52. The van der Waals surface area contributed by atoms with Crippen LogP contribution in [0, 0.1) is 18.7 Å². The Kier molecular flexibility index (Phi) is 5.09. The maximum atomic E-state index is 13.7. The summed E-state index contributed by atoms with van der Waals surface area (Å²) < 4.78 is 19.4. The fourth-order valence-electron chi connectivity index (χ4n) is 2.00. The summed E-state index contributed by atoms with van der Waals surface area (Å²) in [7, 11) is 0. The lowest BCUT2D eigenvalue weighted by Gasteiger charge is -2.27. The summed E-state index contributed by atoms with van der Waals surface area (Å²) in [4.78, 5) is 0. The molecule has 0 aromatic heterocycles. The first kappa shape index (κ1) is 14.1. The highest BCUT2D eigenvalue weighted by molar-refractivity contribution is 5.27. The fourth-order valence-corrected chi connectivity index (χ4v) is 2.00. The Hall–Kier alpha value is -0.930. The molecule has 0 fully saturated rings. The lowest BCUT2D eigenvalue weighted by molar-refractivity contribution is 0.0114. The molecule has 96 valence electrons. The van der Waals surface area contributed by atoms with Crippen LogP contribution in [-0.2, 0) is 4.74 Å². The van der Waals surface area contributed by atoms with Crippen LogP contribution < -0.4 is 5.73 Å². The van der Waals surface area contributed by atoms with Gasteiger partial charge in [0, 0.05) is 12.2 Å². The molecule has 17 heavy (non-hydrogen) atoms. The SMILES string of the molecule is CCOC(C(C)C)C(N)c1cc(C)ccc1F. The predicted octanol–water partition coefficient (Wildman–Crippen LogP) is 3.20. The standard InChI is InChI=1S/C14H22FNO/c1-5-17-14(9(2)3)13(16)11-8-10(4)6-7-12(11)15/h6-9,13-14H,5,16H2,1-4H3. The van der Waals surface area contributed by atoms with Crippen LogP contribution >= 0.6 is 0 Å². The summed E-state index contributed by atoms with van der Waals surface area (Å²) in [5.74, 6) is -0.00156. The van der Waals surface area contributed by atoms with Crippen LogP contribution in [0.1, 0.15) is 37.9 Å². The van der Waals surface area contributed by atoms with Gasteiger partial charge >= 0.3 is 0 Å². The molecule has 0 amide bonds. The molecule has 1 aromatic rings. The molecule has 2 nitrogen and oxygen atoms in total. The maximum Gasteiger partial charge on any atom is 0.128 e. The molecule has 0 aliphatic heterocycles. The number of aryl methyl sites for hydroxylation is 1. The molecule has 0 bridgehead atoms. The van der Waals surface area contributed by atoms with Crippen molar-refractivity contribution >= 4 is 0 Å². The van der Waals surface area contributed by atoms with Gasteiger partial charge in [0.25, 0.3) is 0 Å². The second-order valence-corrected chi connectivity index (χ2v) is 4.71. The van der Waals surface area contributed by atoms with E-state index < -0.39 is 6.04 Å². The molecule has 2 N–H and O–H groups in total. The number of halogens is 1. The highest BCUT2D eigenvalue weighted by Gasteiger charge is 2.25. The summed E-state index contributed by atoms with van der Waals surface area (Å²) in [5, 5.41) is 0. The highest BCUT2D eigenvalue weighted by atomic mass is 19.1. The number of rotatable bonds is 5. The van der Waals surface area contributed by atoms with Crippen LogP contribution in [0.15, 0.2) is 18.2 Å². The summed E-state index contributed by atoms with van der Waals surface area (Å²) >= 11 is 0. The number of hydrogen-bond donors (Lipinski definition) is 1. The first-order valence-electron chi connectivity index (χ1n) is 6.10. The Bertz CT molecular complexity index is 365. The lowest BCUT2D eigenvalue weighted by Crippen LogP contribution is -2.34. The zero-order valence-electron chi connectivity index (χ0n) is 11.0. The van der Waals surface area contributed by atoms with Gasteiger partial charge in [-0.15, -0.1) is 0 Å². The third-order valence-electron chi connectivity index (χ3n) is 2.88.